The summed E-state index contributed by atoms with van der Waals surface area (Å²) in [7, 11) is -3.86. The number of nitrogens with zero attached hydrogens (tertiary/aromatic N) is 1. The molecule has 1 heterocycles. The third-order valence-corrected chi connectivity index (χ3v) is 5.64. The SMILES string of the molecule is C[C@@H](NS(=O)(=O)c1ccccc1)c1onc(-c2ccc(Cl)cc2)c1C(=O)O. The van der Waals surface area contributed by atoms with Crippen LogP contribution in [-0.4, -0.2) is 24.7 Å². The Morgan fingerprint density at radius 3 is 2.37 bits per heavy atom. The van der Waals surface area contributed by atoms with E-state index in [2.05, 4.69) is 9.88 Å². The van der Waals surface area contributed by atoms with Gasteiger partial charge in [-0.3, -0.25) is 0 Å². The van der Waals surface area contributed by atoms with E-state index in [-0.39, 0.29) is 21.9 Å². The summed E-state index contributed by atoms with van der Waals surface area (Å²) < 4.78 is 32.6. The number of nitrogens with one attached hydrogen (secondary N) is 1. The fourth-order valence-electron chi connectivity index (χ4n) is 2.56. The van der Waals surface area contributed by atoms with Gasteiger partial charge in [-0.05, 0) is 31.2 Å². The van der Waals surface area contributed by atoms with Crippen molar-refractivity contribution in [2.24, 2.45) is 0 Å². The maximum absolute atomic E-state index is 12.5. The zero-order valence-electron chi connectivity index (χ0n) is 14.1. The molecule has 1 atom stereocenters. The minimum Gasteiger partial charge on any atom is -0.477 e. The minimum atomic E-state index is -3.86. The van der Waals surface area contributed by atoms with Gasteiger partial charge in [0.1, 0.15) is 11.3 Å². The molecule has 2 N–H and O–H groups in total. The van der Waals surface area contributed by atoms with E-state index in [9.17, 15) is 18.3 Å². The Morgan fingerprint density at radius 2 is 1.78 bits per heavy atom. The quantitative estimate of drug-likeness (QED) is 0.645. The van der Waals surface area contributed by atoms with E-state index in [1.54, 1.807) is 42.5 Å². The lowest BCUT2D eigenvalue weighted by Gasteiger charge is -2.12. The predicted molar refractivity (Wildman–Crippen MR) is 99.1 cm³/mol. The molecule has 3 aromatic rings. The lowest BCUT2D eigenvalue weighted by atomic mass is 10.0. The second kappa shape index (κ2) is 7.51. The maximum atomic E-state index is 12.5. The van der Waals surface area contributed by atoms with E-state index in [1.165, 1.54) is 19.1 Å². The molecule has 0 aliphatic carbocycles. The zero-order valence-corrected chi connectivity index (χ0v) is 15.7. The molecule has 0 fully saturated rings. The van der Waals surface area contributed by atoms with Gasteiger partial charge in [0.2, 0.25) is 10.0 Å². The Bertz CT molecular complexity index is 1060. The number of aromatic carboxylic acids is 1. The number of hydrogen-bond donors (Lipinski definition) is 2. The van der Waals surface area contributed by atoms with Crippen LogP contribution < -0.4 is 4.72 Å². The van der Waals surface area contributed by atoms with Crippen LogP contribution in [0.2, 0.25) is 5.02 Å². The summed E-state index contributed by atoms with van der Waals surface area (Å²) in [5, 5.41) is 13.9. The van der Waals surface area contributed by atoms with Crippen LogP contribution in [0, 0.1) is 0 Å². The minimum absolute atomic E-state index is 0.0613. The highest BCUT2D eigenvalue weighted by atomic mass is 35.5. The predicted octanol–water partition coefficient (Wildman–Crippen LogP) is 3.73. The van der Waals surface area contributed by atoms with Crippen molar-refractivity contribution in [1.29, 1.82) is 0 Å². The molecule has 0 bridgehead atoms. The molecule has 1 aromatic heterocycles. The van der Waals surface area contributed by atoms with Gasteiger partial charge < -0.3 is 9.63 Å². The molecule has 0 aliphatic heterocycles. The number of hydrogen-bond acceptors (Lipinski definition) is 5. The first-order valence-corrected chi connectivity index (χ1v) is 9.72. The smallest absolute Gasteiger partial charge is 0.341 e. The molecule has 0 saturated carbocycles. The first-order chi connectivity index (χ1) is 12.8. The van der Waals surface area contributed by atoms with Gasteiger partial charge in [-0.1, -0.05) is 47.1 Å². The van der Waals surface area contributed by atoms with Gasteiger partial charge in [0.05, 0.1) is 10.9 Å². The van der Waals surface area contributed by atoms with Crippen molar-refractivity contribution >= 4 is 27.6 Å². The topological polar surface area (TPSA) is 110 Å². The number of sulfonamides is 1. The molecule has 0 spiro atoms. The molecule has 0 unspecified atom stereocenters. The normalized spacial score (nSPS) is 12.7. The van der Waals surface area contributed by atoms with Gasteiger partial charge in [-0.2, -0.15) is 0 Å². The van der Waals surface area contributed by atoms with Crippen LogP contribution in [0.5, 0.6) is 0 Å². The Hall–Kier alpha value is -2.68. The average molecular weight is 407 g/mol. The summed E-state index contributed by atoms with van der Waals surface area (Å²) in [5.41, 5.74) is 0.380. The summed E-state index contributed by atoms with van der Waals surface area (Å²) in [6.07, 6.45) is 0. The molecule has 0 saturated heterocycles. The molecule has 3 rings (SSSR count). The standard InChI is InChI=1S/C18H15ClN2O5S/c1-11(21-27(24,25)14-5-3-2-4-6-14)17-15(18(22)23)16(20-26-17)12-7-9-13(19)10-8-12/h2-11,21H,1H3,(H,22,23)/t11-/m1/s1. The van der Waals surface area contributed by atoms with Crippen molar-refractivity contribution < 1.29 is 22.8 Å². The molecule has 9 heteroatoms. The Balaban J connectivity index is 1.97. The first-order valence-electron chi connectivity index (χ1n) is 7.86. The van der Waals surface area contributed by atoms with E-state index in [0.717, 1.165) is 0 Å². The number of carboxylic acid groups (broad SMARTS) is 1. The number of benzene rings is 2. The van der Waals surface area contributed by atoms with Gasteiger partial charge in [0.25, 0.3) is 0 Å². The molecule has 0 radical (unpaired) electrons. The fraction of sp³-hybridized carbons (Fsp3) is 0.111. The second-order valence-electron chi connectivity index (χ2n) is 5.74. The summed E-state index contributed by atoms with van der Waals surface area (Å²) in [5.74, 6) is -1.37. The molecule has 7 nitrogen and oxygen atoms in total. The third kappa shape index (κ3) is 4.02. The first kappa shape index (κ1) is 19.1. The van der Waals surface area contributed by atoms with Crippen LogP contribution in [0.15, 0.2) is 64.0 Å². The molecular formula is C18H15ClN2O5S. The van der Waals surface area contributed by atoms with E-state index < -0.39 is 22.0 Å². The lowest BCUT2D eigenvalue weighted by molar-refractivity contribution is 0.0694. The molecule has 0 amide bonds. The summed E-state index contributed by atoms with van der Waals surface area (Å²) in [4.78, 5) is 11.8. The number of carboxylic acids is 1. The van der Waals surface area contributed by atoms with Gasteiger partial charge >= 0.3 is 5.97 Å². The molecule has 27 heavy (non-hydrogen) atoms. The zero-order chi connectivity index (χ0) is 19.6. The number of aromatic nitrogens is 1. The molecular weight excluding hydrogens is 392 g/mol. The van der Waals surface area contributed by atoms with Crippen molar-refractivity contribution in [3.8, 4) is 11.3 Å². The summed E-state index contributed by atoms with van der Waals surface area (Å²) in [6.45, 7) is 1.49. The van der Waals surface area contributed by atoms with Crippen LogP contribution in [0.3, 0.4) is 0 Å². The highest BCUT2D eigenvalue weighted by Gasteiger charge is 2.29. The van der Waals surface area contributed by atoms with Crippen LogP contribution in [0.1, 0.15) is 29.1 Å². The van der Waals surface area contributed by atoms with Gasteiger partial charge in [0.15, 0.2) is 5.76 Å². The fourth-order valence-corrected chi connectivity index (χ4v) is 3.91. The molecule has 2 aromatic carbocycles. The third-order valence-electron chi connectivity index (χ3n) is 3.83. The van der Waals surface area contributed by atoms with Crippen molar-refractivity contribution in [2.75, 3.05) is 0 Å². The second-order valence-corrected chi connectivity index (χ2v) is 7.89. The van der Waals surface area contributed by atoms with Gasteiger partial charge in [0, 0.05) is 10.6 Å². The lowest BCUT2D eigenvalue weighted by Crippen LogP contribution is -2.27. The van der Waals surface area contributed by atoms with Gasteiger partial charge in [-0.25, -0.2) is 17.9 Å². The van der Waals surface area contributed by atoms with Crippen molar-refractivity contribution in [3.05, 3.63) is 70.9 Å². The van der Waals surface area contributed by atoms with Crippen LogP contribution in [0.25, 0.3) is 11.3 Å². The maximum Gasteiger partial charge on any atom is 0.341 e. The van der Waals surface area contributed by atoms with Crippen molar-refractivity contribution in [3.63, 3.8) is 0 Å². The number of halogens is 1. The average Bonchev–Trinajstić information content (AvgIpc) is 3.08. The van der Waals surface area contributed by atoms with E-state index in [0.29, 0.717) is 10.6 Å². The number of carbonyl (C=O) groups is 1. The largest absolute Gasteiger partial charge is 0.477 e. The highest BCUT2D eigenvalue weighted by molar-refractivity contribution is 7.89. The molecule has 0 aliphatic rings. The van der Waals surface area contributed by atoms with Crippen molar-refractivity contribution in [1.82, 2.24) is 9.88 Å². The van der Waals surface area contributed by atoms with E-state index >= 15 is 0 Å². The van der Waals surface area contributed by atoms with E-state index in [1.807, 2.05) is 0 Å². The van der Waals surface area contributed by atoms with Crippen LogP contribution in [-0.2, 0) is 10.0 Å². The Kier molecular flexibility index (Phi) is 5.31. The molecule has 140 valence electrons. The summed E-state index contributed by atoms with van der Waals surface area (Å²) >= 11 is 5.85. The van der Waals surface area contributed by atoms with Crippen molar-refractivity contribution in [2.45, 2.75) is 17.9 Å². The summed E-state index contributed by atoms with van der Waals surface area (Å²) in [6, 6.07) is 13.2. The van der Waals surface area contributed by atoms with Gasteiger partial charge in [-0.15, -0.1) is 0 Å². The van der Waals surface area contributed by atoms with Crippen LogP contribution >= 0.6 is 11.6 Å². The number of rotatable bonds is 6. The van der Waals surface area contributed by atoms with E-state index in [4.69, 9.17) is 16.1 Å². The van der Waals surface area contributed by atoms with Crippen LogP contribution in [0.4, 0.5) is 0 Å². The highest BCUT2D eigenvalue weighted by Crippen LogP contribution is 2.30. The Labute approximate surface area is 160 Å². The monoisotopic (exact) mass is 406 g/mol. The Morgan fingerprint density at radius 1 is 1.15 bits per heavy atom.